The summed E-state index contributed by atoms with van der Waals surface area (Å²) in [5, 5.41) is 30.8. The molecule has 0 saturated carbocycles. The first-order chi connectivity index (χ1) is 55.7. The van der Waals surface area contributed by atoms with Crippen molar-refractivity contribution >= 4 is 77.3 Å². The molecule has 3 aliphatic rings. The first kappa shape index (κ1) is 81.6. The number of fused-ring (bicyclic) bond motifs is 3. The van der Waals surface area contributed by atoms with Gasteiger partial charge >= 0.3 is 6.18 Å². The maximum Gasteiger partial charge on any atom is 0.416 e. The molecule has 116 heavy (non-hydrogen) atoms. The van der Waals surface area contributed by atoms with Gasteiger partial charge in [0.05, 0.1) is 43.7 Å². The van der Waals surface area contributed by atoms with Crippen LogP contribution in [0.25, 0.3) is 32.7 Å². The maximum absolute atomic E-state index is 13.1. The minimum Gasteiger partial charge on any atom is -0.322 e. The van der Waals surface area contributed by atoms with Crippen LogP contribution in [0.2, 0.25) is 0 Å². The number of H-pyrrole nitrogens is 3. The number of likely N-dealkylation sites (N-methyl/N-ethyl adjacent to an activating group) is 3. The highest BCUT2D eigenvalue weighted by Gasteiger charge is 2.31. The van der Waals surface area contributed by atoms with Crippen LogP contribution in [0.4, 0.5) is 39.0 Å². The van der Waals surface area contributed by atoms with Gasteiger partial charge in [0.1, 0.15) is 17.1 Å². The molecule has 6 aromatic carbocycles. The molecule has 12 aromatic rings. The molecule has 0 aliphatic carbocycles. The van der Waals surface area contributed by atoms with Gasteiger partial charge in [-0.2, -0.15) is 28.5 Å². The fraction of sp³-hybridized carbons (Fsp3) is 0.276. The van der Waals surface area contributed by atoms with Gasteiger partial charge in [-0.3, -0.25) is 59.3 Å². The maximum atomic E-state index is 13.1. The third-order valence-electron chi connectivity index (χ3n) is 20.4. The number of pyridine rings is 3. The predicted octanol–water partition coefficient (Wildman–Crippen LogP) is 12.4. The van der Waals surface area contributed by atoms with E-state index in [-0.39, 0.29) is 39.3 Å². The third kappa shape index (κ3) is 21.3. The van der Waals surface area contributed by atoms with Crippen LogP contribution in [-0.4, -0.2) is 207 Å². The lowest BCUT2D eigenvalue weighted by Crippen LogP contribution is -2.43. The Balaban J connectivity index is 0.000000151. The number of aromatic amines is 3. The molecule has 0 spiro atoms. The van der Waals surface area contributed by atoms with Crippen molar-refractivity contribution in [3.8, 4) is 35.5 Å². The number of piperazine rings is 3. The van der Waals surface area contributed by atoms with Gasteiger partial charge in [0.25, 0.3) is 24.1 Å². The minimum absolute atomic E-state index is 0.0927. The summed E-state index contributed by atoms with van der Waals surface area (Å²) in [5.41, 5.74) is 13.6. The normalized spacial score (nSPS) is 14.6. The molecule has 29 heteroatoms. The molecule has 3 amide bonds. The molecule has 0 bridgehead atoms. The van der Waals surface area contributed by atoms with Crippen LogP contribution in [0, 0.1) is 56.3 Å². The number of alkyl halides is 5. The zero-order chi connectivity index (χ0) is 81.8. The molecule has 594 valence electrons. The number of halogens is 5. The average Bonchev–Trinajstić information content (AvgIpc) is 1.65. The summed E-state index contributed by atoms with van der Waals surface area (Å²) >= 11 is 0. The molecule has 0 radical (unpaired) electrons. The monoisotopic (exact) mass is 1590 g/mol. The number of anilines is 3. The van der Waals surface area contributed by atoms with Crippen molar-refractivity contribution in [1.29, 1.82) is 0 Å². The molecule has 9 heterocycles. The van der Waals surface area contributed by atoms with Gasteiger partial charge in [0.15, 0.2) is 9.84 Å². The molecule has 0 unspecified atom stereocenters. The number of sulfone groups is 1. The fourth-order valence-electron chi connectivity index (χ4n) is 13.4. The van der Waals surface area contributed by atoms with Crippen molar-refractivity contribution in [2.75, 3.05) is 122 Å². The molecule has 23 nitrogen and oxygen atoms in total. The number of nitrogens with one attached hydrogen (secondary N) is 6. The Labute approximate surface area is 668 Å². The molecule has 3 aliphatic heterocycles. The Kier molecular flexibility index (Phi) is 25.6. The summed E-state index contributed by atoms with van der Waals surface area (Å²) < 4.78 is 89.4. The number of rotatable bonds is 14. The lowest BCUT2D eigenvalue weighted by molar-refractivity contribution is -0.137. The van der Waals surface area contributed by atoms with Gasteiger partial charge in [0, 0.05) is 197 Å². The second-order valence-electron chi connectivity index (χ2n) is 29.2. The number of hydrogen-bond donors (Lipinski definition) is 6. The van der Waals surface area contributed by atoms with E-state index in [1.54, 1.807) is 42.7 Å². The lowest BCUT2D eigenvalue weighted by atomic mass is 10.1. The van der Waals surface area contributed by atoms with Gasteiger partial charge in [-0.05, 0) is 196 Å². The second kappa shape index (κ2) is 36.4. The highest BCUT2D eigenvalue weighted by atomic mass is 32.2. The number of aromatic nitrogens is 9. The van der Waals surface area contributed by atoms with E-state index in [1.807, 2.05) is 49.4 Å². The van der Waals surface area contributed by atoms with E-state index in [0.717, 1.165) is 139 Å². The Morgan fingerprint density at radius 2 is 0.767 bits per heavy atom. The van der Waals surface area contributed by atoms with Crippen LogP contribution < -0.4 is 16.0 Å². The van der Waals surface area contributed by atoms with Gasteiger partial charge in [-0.25, -0.2) is 17.2 Å². The van der Waals surface area contributed by atoms with Crippen molar-refractivity contribution in [1.82, 2.24) is 74.9 Å². The predicted molar refractivity (Wildman–Crippen MR) is 438 cm³/mol. The molecule has 6 aromatic heterocycles. The highest BCUT2D eigenvalue weighted by Crippen LogP contribution is 2.33. The minimum atomic E-state index is -4.47. The van der Waals surface area contributed by atoms with Crippen LogP contribution in [0.3, 0.4) is 0 Å². The van der Waals surface area contributed by atoms with E-state index in [2.05, 4.69) is 174 Å². The molecule has 3 fully saturated rings. The number of amides is 3. The summed E-state index contributed by atoms with van der Waals surface area (Å²) in [6.45, 7) is 21.5. The lowest BCUT2D eigenvalue weighted by Gasteiger charge is -2.32. The third-order valence-corrected chi connectivity index (χ3v) is 21.5. The van der Waals surface area contributed by atoms with E-state index in [0.29, 0.717) is 83.5 Å². The Bertz CT molecular complexity index is 5970. The fourth-order valence-corrected chi connectivity index (χ4v) is 14.0. The van der Waals surface area contributed by atoms with Crippen molar-refractivity contribution < 1.29 is 44.8 Å². The van der Waals surface area contributed by atoms with Crippen LogP contribution in [0.15, 0.2) is 169 Å². The average molecular weight is 1590 g/mol. The number of carbonyl (C=O) groups excluding carboxylic acids is 3. The van der Waals surface area contributed by atoms with E-state index >= 15 is 0 Å². The molecule has 0 atom stereocenters. The largest absolute Gasteiger partial charge is 0.416 e. The number of carbonyl (C=O) groups is 3. The molecular formula is C87H85F5N18O5S. The van der Waals surface area contributed by atoms with Crippen molar-refractivity contribution in [2.45, 2.75) is 57.9 Å². The van der Waals surface area contributed by atoms with Crippen LogP contribution in [0.5, 0.6) is 0 Å². The first-order valence-electron chi connectivity index (χ1n) is 37.5. The van der Waals surface area contributed by atoms with Crippen molar-refractivity contribution in [3.63, 3.8) is 0 Å². The topological polar surface area (TPSA) is 266 Å². The smallest absolute Gasteiger partial charge is 0.322 e. The summed E-state index contributed by atoms with van der Waals surface area (Å²) in [6.07, 6.45) is 3.14. The molecule has 6 N–H and O–H groups in total. The van der Waals surface area contributed by atoms with Crippen LogP contribution in [0.1, 0.15) is 116 Å². The summed E-state index contributed by atoms with van der Waals surface area (Å²) in [6, 6.07) is 35.0. The van der Waals surface area contributed by atoms with E-state index in [9.17, 15) is 44.8 Å². The van der Waals surface area contributed by atoms with E-state index in [1.165, 1.54) is 71.8 Å². The first-order valence-corrected chi connectivity index (χ1v) is 39.4. The number of aryl methyl sites for hydroxylation is 3. The van der Waals surface area contributed by atoms with Crippen molar-refractivity contribution in [3.05, 3.63) is 260 Å². The standard InChI is InChI=1S/C29H27F3N6O.C29H28F2N6O.C29H30N6O3S/c1-19-13-24(6-4-21(19)18-38-11-9-37(2)10-12-38)34-28(39)22-14-20(16-33-17-22)3-7-26-25-15-23(29(30,31)32)5-8-27(25)36-35-26;1-19-13-24(6-4-22(19)18-37-11-9-36(2)10-12-37)33-29(38)23-14-20(16-32-17-23)3-7-26-25-15-21(28(30)31)5-8-27(25)35-34-26;1-20-14-24(6-5-22(20)19-35-12-10-34(2)11-13-35)31-29(36)23-15-21(17-30-18-23)4-8-27-26-16-25(39(3,37)38)7-9-28(26)33-32-27/h4-6,8,13-17H,9-12,18H2,1-2H3,(H,34,39)(H,35,36);4-6,8,13-17,28H,9-12,18H2,1-2H3,(H,33,38)(H,34,35);5-7,9,14-18H,10-13,19H2,1-3H3,(H,31,36)(H,32,33). The summed E-state index contributed by atoms with van der Waals surface area (Å²) in [5.74, 6) is 16.6. The molecule has 15 rings (SSSR count). The Morgan fingerprint density at radius 1 is 0.431 bits per heavy atom. The van der Waals surface area contributed by atoms with Gasteiger partial charge < -0.3 is 30.7 Å². The number of benzene rings is 6. The molecular weight excluding hydrogens is 1500 g/mol. The second-order valence-corrected chi connectivity index (χ2v) is 31.2. The van der Waals surface area contributed by atoms with Crippen molar-refractivity contribution in [2.24, 2.45) is 0 Å². The zero-order valence-corrected chi connectivity index (χ0v) is 65.8. The number of hydrogen-bond acceptors (Lipinski definition) is 17. The number of nitrogens with zero attached hydrogens (tertiary/aromatic N) is 12. The van der Waals surface area contributed by atoms with Gasteiger partial charge in [-0.1, -0.05) is 42.0 Å². The van der Waals surface area contributed by atoms with Crippen LogP contribution in [-0.2, 0) is 35.6 Å². The quantitative estimate of drug-likeness (QED) is 0.0436. The summed E-state index contributed by atoms with van der Waals surface area (Å²) in [7, 11) is 3.07. The van der Waals surface area contributed by atoms with E-state index < -0.39 is 28.0 Å². The highest BCUT2D eigenvalue weighted by molar-refractivity contribution is 7.90. The SMILES string of the molecule is Cc1cc(NC(=O)c2cncc(C#Cc3[nH]nc4ccc(C(F)(F)F)cc34)c2)ccc1CN1CCN(C)CC1.Cc1cc(NC(=O)c2cncc(C#Cc3[nH]nc4ccc(C(F)F)cc34)c2)ccc1CN1CCN(C)CC1.Cc1cc(NC(=O)c2cncc(C#Cc3[nH]nc4ccc(S(C)(=O)=O)cc34)c2)ccc1CN1CCN(C)CC1. The van der Waals surface area contributed by atoms with Crippen LogP contribution >= 0.6 is 0 Å². The van der Waals surface area contributed by atoms with E-state index in [4.69, 9.17) is 0 Å². The zero-order valence-electron chi connectivity index (χ0n) is 65.0. The molecule has 3 saturated heterocycles. The Hall–Kier alpha value is -12.4. The van der Waals surface area contributed by atoms with Gasteiger partial charge in [0.2, 0.25) is 0 Å². The summed E-state index contributed by atoms with van der Waals surface area (Å²) in [4.78, 5) is 65.8. The Morgan fingerprint density at radius 3 is 1.10 bits per heavy atom. The van der Waals surface area contributed by atoms with Gasteiger partial charge in [-0.15, -0.1) is 0 Å².